The Labute approximate surface area is 142 Å². The molecule has 3 rings (SSSR count). The minimum Gasteiger partial charge on any atom is -0.376 e. The van der Waals surface area contributed by atoms with Crippen molar-refractivity contribution in [3.63, 3.8) is 0 Å². The van der Waals surface area contributed by atoms with Gasteiger partial charge in [0.2, 0.25) is 11.8 Å². The maximum Gasteiger partial charge on any atom is 0.246 e. The van der Waals surface area contributed by atoms with E-state index >= 15 is 0 Å². The van der Waals surface area contributed by atoms with E-state index in [0.29, 0.717) is 18.4 Å². The van der Waals surface area contributed by atoms with Crippen molar-refractivity contribution in [3.05, 3.63) is 11.7 Å². The van der Waals surface area contributed by atoms with Crippen LogP contribution >= 0.6 is 0 Å². The van der Waals surface area contributed by atoms with Crippen LogP contribution in [0.15, 0.2) is 4.52 Å². The Hall–Kier alpha value is -1.47. The van der Waals surface area contributed by atoms with Crippen LogP contribution in [0, 0.1) is 0 Å². The molecule has 0 aromatic carbocycles. The fourth-order valence-corrected chi connectivity index (χ4v) is 3.31. The number of carbonyl (C=O) groups excluding carboxylic acids is 1. The number of hydrogen-bond donors (Lipinski definition) is 1. The number of carbonyl (C=O) groups is 1. The number of nitrogens with zero attached hydrogens (tertiary/aromatic N) is 2. The van der Waals surface area contributed by atoms with Crippen LogP contribution in [-0.4, -0.2) is 42.0 Å². The molecule has 2 fully saturated rings. The molecule has 0 bridgehead atoms. The van der Waals surface area contributed by atoms with Gasteiger partial charge in [0.1, 0.15) is 6.61 Å². The topological polar surface area (TPSA) is 86.5 Å². The molecule has 24 heavy (non-hydrogen) atoms. The number of ether oxygens (including phenoxy) is 2. The summed E-state index contributed by atoms with van der Waals surface area (Å²) in [5.74, 6) is 1.47. The first-order chi connectivity index (χ1) is 11.8. The average Bonchev–Trinajstić information content (AvgIpc) is 3.11. The highest BCUT2D eigenvalue weighted by molar-refractivity contribution is 5.77. The minimum absolute atomic E-state index is 0.0312. The number of rotatable bonds is 7. The monoisotopic (exact) mass is 337 g/mol. The van der Waals surface area contributed by atoms with Crippen LogP contribution in [0.1, 0.15) is 69.0 Å². The summed E-state index contributed by atoms with van der Waals surface area (Å²) in [7, 11) is 0. The third kappa shape index (κ3) is 5.27. The Bertz CT molecular complexity index is 508. The molecule has 2 aliphatic rings. The summed E-state index contributed by atoms with van der Waals surface area (Å²) < 4.78 is 16.2. The van der Waals surface area contributed by atoms with Gasteiger partial charge in [-0.25, -0.2) is 0 Å². The largest absolute Gasteiger partial charge is 0.376 e. The van der Waals surface area contributed by atoms with Crippen LogP contribution in [0.5, 0.6) is 0 Å². The molecule has 1 saturated carbocycles. The highest BCUT2D eigenvalue weighted by Crippen LogP contribution is 2.30. The first-order valence-corrected chi connectivity index (χ1v) is 9.10. The molecule has 1 aromatic rings. The summed E-state index contributed by atoms with van der Waals surface area (Å²) >= 11 is 0. The molecule has 1 atom stereocenters. The van der Waals surface area contributed by atoms with Crippen molar-refractivity contribution >= 4 is 5.91 Å². The quantitative estimate of drug-likeness (QED) is 0.822. The first-order valence-electron chi connectivity index (χ1n) is 9.10. The molecule has 1 N–H and O–H groups in total. The normalized spacial score (nSPS) is 22.4. The second kappa shape index (κ2) is 9.13. The molecule has 1 aromatic heterocycles. The number of aromatic nitrogens is 2. The van der Waals surface area contributed by atoms with E-state index in [0.717, 1.165) is 38.1 Å². The molecule has 0 radical (unpaired) electrons. The smallest absolute Gasteiger partial charge is 0.246 e. The molecule has 7 nitrogen and oxygen atoms in total. The molecule has 0 spiro atoms. The first kappa shape index (κ1) is 17.4. The molecule has 1 aliphatic carbocycles. The second-order valence-corrected chi connectivity index (χ2v) is 6.66. The lowest BCUT2D eigenvalue weighted by molar-refractivity contribution is -0.128. The van der Waals surface area contributed by atoms with Gasteiger partial charge < -0.3 is 19.3 Å². The van der Waals surface area contributed by atoms with Crippen molar-refractivity contribution < 1.29 is 18.8 Å². The summed E-state index contributed by atoms with van der Waals surface area (Å²) in [5, 5.41) is 6.81. The van der Waals surface area contributed by atoms with E-state index in [9.17, 15) is 4.79 Å². The third-order valence-corrected chi connectivity index (χ3v) is 4.70. The van der Waals surface area contributed by atoms with E-state index in [1.54, 1.807) is 0 Å². The van der Waals surface area contributed by atoms with Gasteiger partial charge in [-0.15, -0.1) is 0 Å². The standard InChI is InChI=1S/C17H27N3O4/c21-15(12-22-11-14-8-4-5-9-23-14)18-10-16-19-17(20-24-16)13-6-2-1-3-7-13/h13-14H,1-12H2,(H,18,21). The van der Waals surface area contributed by atoms with Crippen molar-refractivity contribution in [2.75, 3.05) is 19.8 Å². The van der Waals surface area contributed by atoms with E-state index in [-0.39, 0.29) is 25.2 Å². The van der Waals surface area contributed by atoms with Gasteiger partial charge in [0.15, 0.2) is 5.82 Å². The van der Waals surface area contributed by atoms with Crippen LogP contribution in [-0.2, 0) is 20.8 Å². The van der Waals surface area contributed by atoms with E-state index < -0.39 is 0 Å². The van der Waals surface area contributed by atoms with Gasteiger partial charge in [-0.2, -0.15) is 4.98 Å². The number of nitrogens with one attached hydrogen (secondary N) is 1. The summed E-state index contributed by atoms with van der Waals surface area (Å²) in [5.41, 5.74) is 0. The van der Waals surface area contributed by atoms with Gasteiger partial charge >= 0.3 is 0 Å². The summed E-state index contributed by atoms with van der Waals surface area (Å²) in [6.07, 6.45) is 9.42. The molecule has 1 saturated heterocycles. The zero-order valence-electron chi connectivity index (χ0n) is 14.2. The maximum atomic E-state index is 11.8. The van der Waals surface area contributed by atoms with Crippen LogP contribution < -0.4 is 5.32 Å². The fraction of sp³-hybridized carbons (Fsp3) is 0.824. The van der Waals surface area contributed by atoms with Gasteiger partial charge in [-0.1, -0.05) is 24.4 Å². The lowest BCUT2D eigenvalue weighted by Crippen LogP contribution is -2.30. The van der Waals surface area contributed by atoms with Crippen molar-refractivity contribution in [2.24, 2.45) is 0 Å². The molecule has 2 heterocycles. The van der Waals surface area contributed by atoms with Gasteiger partial charge in [0, 0.05) is 12.5 Å². The molecular formula is C17H27N3O4. The zero-order chi connectivity index (χ0) is 16.6. The Balaban J connectivity index is 1.33. The van der Waals surface area contributed by atoms with Gasteiger partial charge in [0.25, 0.3) is 0 Å². The van der Waals surface area contributed by atoms with Crippen LogP contribution in [0.4, 0.5) is 0 Å². The second-order valence-electron chi connectivity index (χ2n) is 6.66. The third-order valence-electron chi connectivity index (χ3n) is 4.70. The van der Waals surface area contributed by atoms with E-state index in [1.165, 1.54) is 25.7 Å². The SMILES string of the molecule is O=C(COCC1CCCCO1)NCc1nc(C2CCCCC2)no1. The lowest BCUT2D eigenvalue weighted by Gasteiger charge is -2.22. The summed E-state index contributed by atoms with van der Waals surface area (Å²) in [4.78, 5) is 16.2. The molecule has 7 heteroatoms. The van der Waals surface area contributed by atoms with Crippen LogP contribution in [0.2, 0.25) is 0 Å². The molecule has 1 unspecified atom stereocenters. The highest BCUT2D eigenvalue weighted by Gasteiger charge is 2.21. The van der Waals surface area contributed by atoms with Crippen molar-refractivity contribution in [1.29, 1.82) is 0 Å². The average molecular weight is 337 g/mol. The van der Waals surface area contributed by atoms with E-state index in [1.807, 2.05) is 0 Å². The molecular weight excluding hydrogens is 310 g/mol. The molecule has 1 aliphatic heterocycles. The molecule has 134 valence electrons. The van der Waals surface area contributed by atoms with Gasteiger partial charge in [-0.3, -0.25) is 4.79 Å². The van der Waals surface area contributed by atoms with Crippen molar-refractivity contribution in [3.8, 4) is 0 Å². The van der Waals surface area contributed by atoms with E-state index in [2.05, 4.69) is 15.5 Å². The predicted octanol–water partition coefficient (Wildman–Crippen LogP) is 2.32. The highest BCUT2D eigenvalue weighted by atomic mass is 16.5. The Kier molecular flexibility index (Phi) is 6.60. The van der Waals surface area contributed by atoms with E-state index in [4.69, 9.17) is 14.0 Å². The number of amides is 1. The van der Waals surface area contributed by atoms with Crippen LogP contribution in [0.25, 0.3) is 0 Å². The van der Waals surface area contributed by atoms with Gasteiger partial charge in [0.05, 0.1) is 19.3 Å². The maximum absolute atomic E-state index is 11.8. The predicted molar refractivity (Wildman–Crippen MR) is 86.4 cm³/mol. The van der Waals surface area contributed by atoms with Crippen LogP contribution in [0.3, 0.4) is 0 Å². The lowest BCUT2D eigenvalue weighted by atomic mass is 9.89. The Morgan fingerprint density at radius 3 is 2.79 bits per heavy atom. The van der Waals surface area contributed by atoms with Crippen molar-refractivity contribution in [1.82, 2.24) is 15.5 Å². The Morgan fingerprint density at radius 2 is 2.00 bits per heavy atom. The number of hydrogen-bond acceptors (Lipinski definition) is 6. The zero-order valence-corrected chi connectivity index (χ0v) is 14.2. The summed E-state index contributed by atoms with van der Waals surface area (Å²) in [6.45, 7) is 1.55. The van der Waals surface area contributed by atoms with Gasteiger partial charge in [-0.05, 0) is 32.1 Å². The Morgan fingerprint density at radius 1 is 1.17 bits per heavy atom. The molecule has 1 amide bonds. The minimum atomic E-state index is -0.178. The fourth-order valence-electron chi connectivity index (χ4n) is 3.31. The van der Waals surface area contributed by atoms with Crippen molar-refractivity contribution in [2.45, 2.75) is 69.9 Å². The summed E-state index contributed by atoms with van der Waals surface area (Å²) in [6, 6.07) is 0.